The summed E-state index contributed by atoms with van der Waals surface area (Å²) in [5.41, 5.74) is 4.89. The Balaban J connectivity index is 2.80. The first-order chi connectivity index (χ1) is 7.13. The molecule has 0 aromatic heterocycles. The van der Waals surface area contributed by atoms with E-state index in [0.717, 1.165) is 0 Å². The third-order valence-corrected chi connectivity index (χ3v) is 2.68. The van der Waals surface area contributed by atoms with Gasteiger partial charge in [-0.15, -0.1) is 0 Å². The number of hydrogen-bond donors (Lipinski definition) is 1. The van der Waals surface area contributed by atoms with Crippen LogP contribution in [-0.4, -0.2) is 48.5 Å². The highest BCUT2D eigenvalue weighted by Crippen LogP contribution is 2.29. The minimum Gasteiger partial charge on any atom is -0.373 e. The van der Waals surface area contributed by atoms with Gasteiger partial charge in [-0.25, -0.2) is 0 Å². The molecule has 0 aromatic rings. The van der Waals surface area contributed by atoms with Crippen LogP contribution >= 0.6 is 0 Å². The second-order valence-electron chi connectivity index (χ2n) is 4.92. The second-order valence-corrected chi connectivity index (χ2v) is 4.92. The van der Waals surface area contributed by atoms with Crippen LogP contribution < -0.4 is 5.73 Å². The molecule has 1 aliphatic rings. The van der Waals surface area contributed by atoms with Crippen molar-refractivity contribution in [3.8, 4) is 0 Å². The molecule has 0 aromatic carbocycles. The minimum absolute atomic E-state index is 0.249. The third-order valence-electron chi connectivity index (χ3n) is 2.68. The van der Waals surface area contributed by atoms with Crippen LogP contribution in [0.2, 0.25) is 0 Å². The lowest BCUT2D eigenvalue weighted by atomic mass is 10.0. The first-order valence-corrected chi connectivity index (χ1v) is 5.34. The summed E-state index contributed by atoms with van der Waals surface area (Å²) >= 11 is 0. The molecule has 0 spiro atoms. The van der Waals surface area contributed by atoms with Gasteiger partial charge in [-0.05, 0) is 20.8 Å². The summed E-state index contributed by atoms with van der Waals surface area (Å²) in [7, 11) is 0. The van der Waals surface area contributed by atoms with Gasteiger partial charge in [0.1, 0.15) is 6.04 Å². The lowest BCUT2D eigenvalue weighted by Crippen LogP contribution is -2.61. The lowest BCUT2D eigenvalue weighted by Gasteiger charge is -2.43. The van der Waals surface area contributed by atoms with Gasteiger partial charge >= 0.3 is 6.18 Å². The number of hydrogen-bond acceptors (Lipinski definition) is 3. The van der Waals surface area contributed by atoms with E-state index in [1.807, 2.05) is 0 Å². The molecule has 16 heavy (non-hydrogen) atoms. The highest BCUT2D eigenvalue weighted by Gasteiger charge is 2.47. The summed E-state index contributed by atoms with van der Waals surface area (Å²) in [6, 6.07) is -2.52. The smallest absolute Gasteiger partial charge is 0.373 e. The van der Waals surface area contributed by atoms with Gasteiger partial charge in [-0.2, -0.15) is 13.2 Å². The van der Waals surface area contributed by atoms with Gasteiger partial charge in [0, 0.05) is 19.1 Å². The van der Waals surface area contributed by atoms with Crippen molar-refractivity contribution < 1.29 is 17.9 Å². The molecule has 2 unspecified atom stereocenters. The monoisotopic (exact) mass is 240 g/mol. The van der Waals surface area contributed by atoms with Gasteiger partial charge in [0.05, 0.1) is 12.2 Å². The Morgan fingerprint density at radius 1 is 1.38 bits per heavy atom. The van der Waals surface area contributed by atoms with Crippen LogP contribution in [0.1, 0.15) is 20.8 Å². The van der Waals surface area contributed by atoms with Crippen molar-refractivity contribution in [1.82, 2.24) is 4.90 Å². The highest BCUT2D eigenvalue weighted by atomic mass is 19.4. The van der Waals surface area contributed by atoms with Crippen LogP contribution in [0, 0.1) is 0 Å². The third kappa shape index (κ3) is 3.33. The van der Waals surface area contributed by atoms with Crippen molar-refractivity contribution in [2.24, 2.45) is 5.73 Å². The summed E-state index contributed by atoms with van der Waals surface area (Å²) in [6.45, 7) is 5.79. The maximum absolute atomic E-state index is 12.8. The van der Waals surface area contributed by atoms with Crippen LogP contribution in [0.15, 0.2) is 0 Å². The van der Waals surface area contributed by atoms with Gasteiger partial charge in [0.15, 0.2) is 0 Å². The first kappa shape index (κ1) is 13.7. The topological polar surface area (TPSA) is 38.5 Å². The molecule has 6 heteroatoms. The number of rotatable bonds is 2. The normalized spacial score (nSPS) is 26.4. The van der Waals surface area contributed by atoms with Crippen molar-refractivity contribution in [3.05, 3.63) is 0 Å². The zero-order valence-electron chi connectivity index (χ0n) is 9.84. The lowest BCUT2D eigenvalue weighted by molar-refractivity contribution is -0.209. The van der Waals surface area contributed by atoms with Crippen LogP contribution in [0.4, 0.5) is 13.2 Å². The van der Waals surface area contributed by atoms with E-state index in [-0.39, 0.29) is 13.1 Å². The van der Waals surface area contributed by atoms with E-state index in [2.05, 4.69) is 0 Å². The largest absolute Gasteiger partial charge is 0.405 e. The van der Waals surface area contributed by atoms with E-state index in [1.54, 1.807) is 13.8 Å². The standard InChI is InChI=1S/C10H19F3N2O/c1-7(14)8(10(11,12)13)15-4-5-16-9(2,3)6-15/h7-8H,4-6,14H2,1-3H3. The fourth-order valence-corrected chi connectivity index (χ4v) is 2.13. The van der Waals surface area contributed by atoms with Gasteiger partial charge < -0.3 is 10.5 Å². The zero-order chi connectivity index (χ0) is 12.6. The molecule has 2 atom stereocenters. The molecule has 1 rings (SSSR count). The fourth-order valence-electron chi connectivity index (χ4n) is 2.13. The summed E-state index contributed by atoms with van der Waals surface area (Å²) in [5, 5.41) is 0. The van der Waals surface area contributed by atoms with Crippen molar-refractivity contribution in [2.45, 2.75) is 44.6 Å². The Morgan fingerprint density at radius 3 is 2.31 bits per heavy atom. The molecule has 1 aliphatic heterocycles. The SMILES string of the molecule is CC(N)C(N1CCOC(C)(C)C1)C(F)(F)F. The molecule has 3 nitrogen and oxygen atoms in total. The number of alkyl halides is 3. The zero-order valence-corrected chi connectivity index (χ0v) is 9.84. The molecule has 0 saturated carbocycles. The summed E-state index contributed by atoms with van der Waals surface area (Å²) in [6.07, 6.45) is -4.29. The van der Waals surface area contributed by atoms with Crippen LogP contribution in [0.3, 0.4) is 0 Å². The number of nitrogens with two attached hydrogens (primary N) is 1. The summed E-state index contributed by atoms with van der Waals surface area (Å²) < 4.78 is 43.9. The van der Waals surface area contributed by atoms with Crippen LogP contribution in [0.5, 0.6) is 0 Å². The predicted octanol–water partition coefficient (Wildman–Crippen LogP) is 1.38. The van der Waals surface area contributed by atoms with Crippen molar-refractivity contribution >= 4 is 0 Å². The van der Waals surface area contributed by atoms with Crippen molar-refractivity contribution in [2.75, 3.05) is 19.7 Å². The Kier molecular flexibility index (Phi) is 3.87. The number of nitrogens with zero attached hydrogens (tertiary/aromatic N) is 1. The first-order valence-electron chi connectivity index (χ1n) is 5.34. The molecular weight excluding hydrogens is 221 g/mol. The molecule has 96 valence electrons. The molecule has 1 fully saturated rings. The highest BCUT2D eigenvalue weighted by molar-refractivity contribution is 4.91. The van der Waals surface area contributed by atoms with E-state index in [1.165, 1.54) is 11.8 Å². The molecule has 0 amide bonds. The maximum Gasteiger partial charge on any atom is 0.405 e. The summed E-state index contributed by atoms with van der Waals surface area (Å²) in [5.74, 6) is 0. The summed E-state index contributed by atoms with van der Waals surface area (Å²) in [4.78, 5) is 1.37. The quantitative estimate of drug-likeness (QED) is 0.792. The second kappa shape index (κ2) is 4.50. The van der Waals surface area contributed by atoms with E-state index in [0.29, 0.717) is 6.61 Å². The fraction of sp³-hybridized carbons (Fsp3) is 1.00. The Hall–Kier alpha value is -0.330. The maximum atomic E-state index is 12.8. The predicted molar refractivity (Wildman–Crippen MR) is 55.1 cm³/mol. The Labute approximate surface area is 93.7 Å². The molecule has 2 N–H and O–H groups in total. The van der Waals surface area contributed by atoms with E-state index in [9.17, 15) is 13.2 Å². The van der Waals surface area contributed by atoms with Crippen molar-refractivity contribution in [3.63, 3.8) is 0 Å². The molecule has 1 saturated heterocycles. The molecule has 0 radical (unpaired) electrons. The number of ether oxygens (including phenoxy) is 1. The van der Waals surface area contributed by atoms with Gasteiger partial charge in [-0.3, -0.25) is 4.90 Å². The average molecular weight is 240 g/mol. The van der Waals surface area contributed by atoms with E-state index >= 15 is 0 Å². The van der Waals surface area contributed by atoms with Crippen molar-refractivity contribution in [1.29, 1.82) is 0 Å². The van der Waals surface area contributed by atoms with Gasteiger partial charge in [-0.1, -0.05) is 0 Å². The number of morpholine rings is 1. The average Bonchev–Trinajstić information content (AvgIpc) is 1.97. The molecule has 1 heterocycles. The molecular formula is C10H19F3N2O. The van der Waals surface area contributed by atoms with E-state index in [4.69, 9.17) is 10.5 Å². The van der Waals surface area contributed by atoms with Gasteiger partial charge in [0.2, 0.25) is 0 Å². The minimum atomic E-state index is -4.29. The Bertz CT molecular complexity index is 241. The van der Waals surface area contributed by atoms with Crippen LogP contribution in [-0.2, 0) is 4.74 Å². The van der Waals surface area contributed by atoms with Crippen LogP contribution in [0.25, 0.3) is 0 Å². The Morgan fingerprint density at radius 2 is 1.94 bits per heavy atom. The molecule has 0 bridgehead atoms. The number of halogens is 3. The molecule has 0 aliphatic carbocycles. The van der Waals surface area contributed by atoms with Gasteiger partial charge in [0.25, 0.3) is 0 Å². The van der Waals surface area contributed by atoms with E-state index < -0.39 is 23.9 Å².